The first-order valence-electron chi connectivity index (χ1n) is 9.05. The molecule has 7 nitrogen and oxygen atoms in total. The molecule has 0 heterocycles. The van der Waals surface area contributed by atoms with Crippen LogP contribution < -0.4 is 10.6 Å². The minimum atomic E-state index is -1.12. The number of carbonyl (C=O) groups is 3. The van der Waals surface area contributed by atoms with Gasteiger partial charge in [0.25, 0.3) is 0 Å². The molecule has 2 amide bonds. The summed E-state index contributed by atoms with van der Waals surface area (Å²) in [6, 6.07) is 15.6. The number of nitrogens with one attached hydrogen (secondary N) is 2. The number of benzene rings is 2. The number of carboxylic acids is 1. The molecule has 0 aliphatic heterocycles. The van der Waals surface area contributed by atoms with Crippen molar-refractivity contribution in [1.29, 1.82) is 0 Å². The molecule has 1 aliphatic rings. The number of rotatable bonds is 7. The molecule has 3 rings (SSSR count). The molecular formula is C21H22N2O5. The summed E-state index contributed by atoms with van der Waals surface area (Å²) in [6.07, 6.45) is -0.641. The van der Waals surface area contributed by atoms with Crippen LogP contribution in [0.5, 0.6) is 0 Å². The lowest BCUT2D eigenvalue weighted by Gasteiger charge is -2.17. The van der Waals surface area contributed by atoms with Gasteiger partial charge in [-0.3, -0.25) is 9.59 Å². The lowest BCUT2D eigenvalue weighted by molar-refractivity contribution is -0.138. The van der Waals surface area contributed by atoms with E-state index in [4.69, 9.17) is 9.84 Å². The molecule has 0 spiro atoms. The number of ether oxygens (including phenoxy) is 1. The molecule has 1 aliphatic carbocycles. The van der Waals surface area contributed by atoms with E-state index in [1.54, 1.807) is 6.92 Å². The zero-order valence-electron chi connectivity index (χ0n) is 15.5. The van der Waals surface area contributed by atoms with E-state index in [1.165, 1.54) is 0 Å². The fourth-order valence-corrected chi connectivity index (χ4v) is 3.42. The van der Waals surface area contributed by atoms with E-state index in [2.05, 4.69) is 22.8 Å². The lowest BCUT2D eigenvalue weighted by Crippen LogP contribution is -2.39. The van der Waals surface area contributed by atoms with Gasteiger partial charge >= 0.3 is 12.1 Å². The van der Waals surface area contributed by atoms with Crippen LogP contribution in [-0.4, -0.2) is 42.3 Å². The molecule has 3 N–H and O–H groups in total. The third kappa shape index (κ3) is 4.49. The maximum absolute atomic E-state index is 12.1. The summed E-state index contributed by atoms with van der Waals surface area (Å²) in [7, 11) is 0. The molecule has 0 aromatic heterocycles. The number of hydrogen-bond donors (Lipinski definition) is 3. The number of alkyl carbamates (subject to hydrolysis) is 1. The number of carbonyl (C=O) groups excluding carboxylic acids is 2. The van der Waals surface area contributed by atoms with Gasteiger partial charge in [0.15, 0.2) is 0 Å². The molecule has 7 heteroatoms. The van der Waals surface area contributed by atoms with Crippen LogP contribution in [0.15, 0.2) is 48.5 Å². The number of amides is 2. The Balaban J connectivity index is 1.55. The summed E-state index contributed by atoms with van der Waals surface area (Å²) in [5.41, 5.74) is 4.54. The van der Waals surface area contributed by atoms with Gasteiger partial charge in [-0.15, -0.1) is 0 Å². The topological polar surface area (TPSA) is 105 Å². The standard InChI is InChI=1S/C21H22N2O5/c1-13(10-19(24)22-11-20(25)26)23-21(27)28-12-18-16-8-4-2-6-14(16)15-7-3-5-9-17(15)18/h2-9,13,18H,10-12H2,1H3,(H,22,24)(H,23,27)(H,25,26)/t13-/m0/s1. The molecule has 1 atom stereocenters. The second-order valence-electron chi connectivity index (χ2n) is 6.75. The highest BCUT2D eigenvalue weighted by molar-refractivity contribution is 5.82. The van der Waals surface area contributed by atoms with Crippen LogP contribution in [0.25, 0.3) is 11.1 Å². The highest BCUT2D eigenvalue weighted by atomic mass is 16.5. The average Bonchev–Trinajstić information content (AvgIpc) is 2.98. The molecule has 0 fully saturated rings. The Morgan fingerprint density at radius 2 is 1.61 bits per heavy atom. The van der Waals surface area contributed by atoms with Crippen LogP contribution >= 0.6 is 0 Å². The van der Waals surface area contributed by atoms with Gasteiger partial charge in [0.05, 0.1) is 0 Å². The van der Waals surface area contributed by atoms with Gasteiger partial charge in [0, 0.05) is 18.4 Å². The Kier molecular flexibility index (Phi) is 5.93. The van der Waals surface area contributed by atoms with Gasteiger partial charge in [0.2, 0.25) is 5.91 Å². The van der Waals surface area contributed by atoms with Crippen molar-refractivity contribution in [3.8, 4) is 11.1 Å². The average molecular weight is 382 g/mol. The molecular weight excluding hydrogens is 360 g/mol. The molecule has 0 radical (unpaired) electrons. The molecule has 0 unspecified atom stereocenters. The number of hydrogen-bond acceptors (Lipinski definition) is 4. The normalized spacial score (nSPS) is 13.2. The van der Waals surface area contributed by atoms with Crippen molar-refractivity contribution in [2.75, 3.05) is 13.2 Å². The monoisotopic (exact) mass is 382 g/mol. The maximum Gasteiger partial charge on any atom is 0.407 e. The Hall–Kier alpha value is -3.35. The first-order valence-corrected chi connectivity index (χ1v) is 9.05. The van der Waals surface area contributed by atoms with Crippen molar-refractivity contribution in [1.82, 2.24) is 10.6 Å². The van der Waals surface area contributed by atoms with Crippen molar-refractivity contribution in [2.24, 2.45) is 0 Å². The van der Waals surface area contributed by atoms with Crippen LogP contribution in [0.2, 0.25) is 0 Å². The fraction of sp³-hybridized carbons (Fsp3) is 0.286. The van der Waals surface area contributed by atoms with Crippen LogP contribution in [0.4, 0.5) is 4.79 Å². The van der Waals surface area contributed by atoms with Gasteiger partial charge in [-0.2, -0.15) is 0 Å². The molecule has 0 saturated heterocycles. The minimum Gasteiger partial charge on any atom is -0.480 e. The summed E-state index contributed by atoms with van der Waals surface area (Å²) in [6.45, 7) is 1.40. The Labute approximate surface area is 162 Å². The van der Waals surface area contributed by atoms with E-state index in [0.717, 1.165) is 22.3 Å². The van der Waals surface area contributed by atoms with Crippen molar-refractivity contribution in [2.45, 2.75) is 25.3 Å². The van der Waals surface area contributed by atoms with Gasteiger partial charge in [-0.1, -0.05) is 48.5 Å². The van der Waals surface area contributed by atoms with Crippen LogP contribution in [0.1, 0.15) is 30.4 Å². The Morgan fingerprint density at radius 1 is 1.04 bits per heavy atom. The molecule has 2 aromatic carbocycles. The smallest absolute Gasteiger partial charge is 0.407 e. The Bertz CT molecular complexity index is 850. The highest BCUT2D eigenvalue weighted by Crippen LogP contribution is 2.44. The third-order valence-corrected chi connectivity index (χ3v) is 4.64. The molecule has 146 valence electrons. The quantitative estimate of drug-likeness (QED) is 0.682. The summed E-state index contributed by atoms with van der Waals surface area (Å²) in [5.74, 6) is -1.60. The maximum atomic E-state index is 12.1. The largest absolute Gasteiger partial charge is 0.480 e. The second-order valence-corrected chi connectivity index (χ2v) is 6.75. The zero-order chi connectivity index (χ0) is 20.1. The van der Waals surface area contributed by atoms with Crippen molar-refractivity contribution in [3.63, 3.8) is 0 Å². The van der Waals surface area contributed by atoms with E-state index in [1.807, 2.05) is 36.4 Å². The fourth-order valence-electron chi connectivity index (χ4n) is 3.42. The minimum absolute atomic E-state index is 0.0303. The van der Waals surface area contributed by atoms with Crippen molar-refractivity contribution in [3.05, 3.63) is 59.7 Å². The second kappa shape index (κ2) is 8.56. The zero-order valence-corrected chi connectivity index (χ0v) is 15.5. The molecule has 2 aromatic rings. The van der Waals surface area contributed by atoms with E-state index in [-0.39, 0.29) is 18.9 Å². The first kappa shape index (κ1) is 19.4. The number of fused-ring (bicyclic) bond motifs is 3. The van der Waals surface area contributed by atoms with Gasteiger partial charge in [0.1, 0.15) is 13.2 Å². The third-order valence-electron chi connectivity index (χ3n) is 4.64. The summed E-state index contributed by atoms with van der Waals surface area (Å²) >= 11 is 0. The van der Waals surface area contributed by atoms with Crippen LogP contribution in [-0.2, 0) is 14.3 Å². The SMILES string of the molecule is C[C@@H](CC(=O)NCC(=O)O)NC(=O)OCC1c2ccccc2-c2ccccc21. The highest BCUT2D eigenvalue weighted by Gasteiger charge is 2.29. The summed E-state index contributed by atoms with van der Waals surface area (Å²) in [4.78, 5) is 34.2. The lowest BCUT2D eigenvalue weighted by atomic mass is 9.98. The van der Waals surface area contributed by atoms with Crippen molar-refractivity contribution >= 4 is 18.0 Å². The summed E-state index contributed by atoms with van der Waals surface area (Å²) < 4.78 is 5.41. The van der Waals surface area contributed by atoms with Crippen molar-refractivity contribution < 1.29 is 24.2 Å². The Morgan fingerprint density at radius 3 is 2.18 bits per heavy atom. The molecule has 0 saturated carbocycles. The van der Waals surface area contributed by atoms with E-state index >= 15 is 0 Å². The predicted octanol–water partition coefficient (Wildman–Crippen LogP) is 2.50. The first-order chi connectivity index (χ1) is 13.5. The van der Waals surface area contributed by atoms with Crippen LogP contribution in [0.3, 0.4) is 0 Å². The number of carboxylic acid groups (broad SMARTS) is 1. The van der Waals surface area contributed by atoms with E-state index in [0.29, 0.717) is 0 Å². The molecule has 0 bridgehead atoms. The van der Waals surface area contributed by atoms with Gasteiger partial charge < -0.3 is 20.5 Å². The number of aliphatic carboxylic acids is 1. The van der Waals surface area contributed by atoms with E-state index in [9.17, 15) is 14.4 Å². The van der Waals surface area contributed by atoms with E-state index < -0.39 is 30.6 Å². The van der Waals surface area contributed by atoms with Crippen LogP contribution in [0, 0.1) is 0 Å². The predicted molar refractivity (Wildman–Crippen MR) is 103 cm³/mol. The molecule has 28 heavy (non-hydrogen) atoms. The van der Waals surface area contributed by atoms with Gasteiger partial charge in [-0.25, -0.2) is 4.79 Å². The summed E-state index contributed by atoms with van der Waals surface area (Å²) in [5, 5.41) is 13.4. The van der Waals surface area contributed by atoms with Gasteiger partial charge in [-0.05, 0) is 29.2 Å².